The lowest BCUT2D eigenvalue weighted by atomic mass is 10.1. The average molecular weight is 433 g/mol. The zero-order chi connectivity index (χ0) is 21.0. The van der Waals surface area contributed by atoms with E-state index in [1.165, 1.54) is 0 Å². The third-order valence-electron chi connectivity index (χ3n) is 4.49. The lowest BCUT2D eigenvalue weighted by molar-refractivity contribution is -0.141. The van der Waals surface area contributed by atoms with Gasteiger partial charge in [-0.15, -0.1) is 0 Å². The van der Waals surface area contributed by atoms with Crippen molar-refractivity contribution in [2.45, 2.75) is 32.8 Å². The number of carbonyl (C=O) groups is 1. The molecule has 1 aliphatic rings. The molecular weight excluding hydrogens is 408 g/mol. The molecular formula is C22H25ClN2O3S. The van der Waals surface area contributed by atoms with Crippen LogP contribution < -0.4 is 9.47 Å². The molecule has 2 aromatic carbocycles. The van der Waals surface area contributed by atoms with Crippen LogP contribution in [0.3, 0.4) is 0 Å². The molecule has 0 bridgehead atoms. The van der Waals surface area contributed by atoms with Crippen LogP contribution in [0.25, 0.3) is 0 Å². The second-order valence-corrected chi connectivity index (χ2v) is 8.79. The van der Waals surface area contributed by atoms with E-state index in [9.17, 15) is 4.79 Å². The first-order valence-electron chi connectivity index (χ1n) is 9.43. The number of amidine groups is 1. The summed E-state index contributed by atoms with van der Waals surface area (Å²) in [6.45, 7) is 6.15. The van der Waals surface area contributed by atoms with Crippen molar-refractivity contribution in [1.82, 2.24) is 4.90 Å². The van der Waals surface area contributed by atoms with E-state index in [-0.39, 0.29) is 5.91 Å². The molecule has 1 fully saturated rings. The number of halogens is 1. The van der Waals surface area contributed by atoms with E-state index in [1.54, 1.807) is 61.9 Å². The van der Waals surface area contributed by atoms with Gasteiger partial charge >= 0.3 is 0 Å². The predicted octanol–water partition coefficient (Wildman–Crippen LogP) is 5.47. The van der Waals surface area contributed by atoms with Crippen LogP contribution in [-0.4, -0.2) is 41.0 Å². The standard InChI is InChI=1S/C22H25ClN2O3S/c1-15-6-11-19(27-4)18(14-15)24-21-25(12-5-13-29-21)20(26)22(2,3)28-17-9-7-16(23)8-10-17/h6-11,14H,5,12-13H2,1-4H3. The highest BCUT2D eigenvalue weighted by atomic mass is 35.5. The van der Waals surface area contributed by atoms with Crippen molar-refractivity contribution in [3.8, 4) is 11.5 Å². The minimum atomic E-state index is -1.05. The van der Waals surface area contributed by atoms with Gasteiger partial charge in [-0.25, -0.2) is 4.99 Å². The number of aliphatic imine (C=N–C) groups is 1. The van der Waals surface area contributed by atoms with Gasteiger partial charge in [-0.1, -0.05) is 29.4 Å². The van der Waals surface area contributed by atoms with E-state index in [0.717, 1.165) is 17.7 Å². The lowest BCUT2D eigenvalue weighted by Gasteiger charge is -2.34. The minimum absolute atomic E-state index is 0.134. The monoisotopic (exact) mass is 432 g/mol. The molecule has 154 valence electrons. The number of ether oxygens (including phenoxy) is 2. The molecule has 1 aliphatic heterocycles. The van der Waals surface area contributed by atoms with Gasteiger partial charge in [-0.3, -0.25) is 9.69 Å². The molecule has 2 aromatic rings. The fourth-order valence-electron chi connectivity index (χ4n) is 3.00. The van der Waals surface area contributed by atoms with Crippen LogP contribution in [0.5, 0.6) is 11.5 Å². The van der Waals surface area contributed by atoms with Gasteiger partial charge in [0.1, 0.15) is 17.2 Å². The maximum absolute atomic E-state index is 13.4. The maximum atomic E-state index is 13.4. The van der Waals surface area contributed by atoms with Crippen LogP contribution in [0, 0.1) is 6.92 Å². The van der Waals surface area contributed by atoms with E-state index in [2.05, 4.69) is 0 Å². The Hall–Kier alpha value is -2.18. The van der Waals surface area contributed by atoms with Crippen LogP contribution in [0.2, 0.25) is 5.02 Å². The Morgan fingerprint density at radius 2 is 1.93 bits per heavy atom. The first-order chi connectivity index (χ1) is 13.8. The second kappa shape index (κ2) is 9.09. The van der Waals surface area contributed by atoms with Crippen molar-refractivity contribution in [3.63, 3.8) is 0 Å². The zero-order valence-electron chi connectivity index (χ0n) is 17.1. The Balaban J connectivity index is 1.87. The second-order valence-electron chi connectivity index (χ2n) is 7.29. The molecule has 5 nitrogen and oxygen atoms in total. The Morgan fingerprint density at radius 1 is 1.21 bits per heavy atom. The molecule has 7 heteroatoms. The molecule has 0 aliphatic carbocycles. The number of hydrogen-bond acceptors (Lipinski definition) is 5. The van der Waals surface area contributed by atoms with Gasteiger partial charge in [0.05, 0.1) is 7.11 Å². The number of amides is 1. The molecule has 0 atom stereocenters. The van der Waals surface area contributed by atoms with Gasteiger partial charge in [0, 0.05) is 17.3 Å². The number of thioether (sulfide) groups is 1. The smallest absolute Gasteiger partial charge is 0.272 e. The molecule has 0 spiro atoms. The molecule has 0 radical (unpaired) electrons. The number of benzene rings is 2. The molecule has 1 saturated heterocycles. The van der Waals surface area contributed by atoms with E-state index >= 15 is 0 Å². The summed E-state index contributed by atoms with van der Waals surface area (Å²) in [5.41, 5.74) is 0.741. The van der Waals surface area contributed by atoms with Crippen molar-refractivity contribution in [2.75, 3.05) is 19.4 Å². The number of aryl methyl sites for hydroxylation is 1. The van der Waals surface area contributed by atoms with Crippen LogP contribution in [0.1, 0.15) is 25.8 Å². The molecule has 0 N–H and O–H groups in total. The quantitative estimate of drug-likeness (QED) is 0.628. The van der Waals surface area contributed by atoms with Crippen LogP contribution in [0.4, 0.5) is 5.69 Å². The van der Waals surface area contributed by atoms with Gasteiger partial charge in [0.15, 0.2) is 10.8 Å². The molecule has 29 heavy (non-hydrogen) atoms. The summed E-state index contributed by atoms with van der Waals surface area (Å²) in [5, 5.41) is 1.29. The normalized spacial score (nSPS) is 16.0. The summed E-state index contributed by atoms with van der Waals surface area (Å²) < 4.78 is 11.4. The largest absolute Gasteiger partial charge is 0.494 e. The van der Waals surface area contributed by atoms with Crippen molar-refractivity contribution in [3.05, 3.63) is 53.1 Å². The minimum Gasteiger partial charge on any atom is -0.494 e. The Morgan fingerprint density at radius 3 is 2.62 bits per heavy atom. The van der Waals surface area contributed by atoms with Gasteiger partial charge < -0.3 is 9.47 Å². The average Bonchev–Trinajstić information content (AvgIpc) is 2.70. The fourth-order valence-corrected chi connectivity index (χ4v) is 4.07. The number of carbonyl (C=O) groups excluding carboxylic acids is 1. The van der Waals surface area contributed by atoms with Gasteiger partial charge in [0.2, 0.25) is 0 Å². The van der Waals surface area contributed by atoms with Gasteiger partial charge in [-0.2, -0.15) is 0 Å². The van der Waals surface area contributed by atoms with E-state index in [4.69, 9.17) is 26.1 Å². The number of hydrogen-bond donors (Lipinski definition) is 0. The van der Waals surface area contributed by atoms with Crippen molar-refractivity contribution in [2.24, 2.45) is 4.99 Å². The third kappa shape index (κ3) is 5.25. The maximum Gasteiger partial charge on any atom is 0.272 e. The van der Waals surface area contributed by atoms with Crippen molar-refractivity contribution in [1.29, 1.82) is 0 Å². The number of rotatable bonds is 5. The molecule has 0 unspecified atom stereocenters. The van der Waals surface area contributed by atoms with Crippen molar-refractivity contribution >= 4 is 40.1 Å². The van der Waals surface area contributed by atoms with Gasteiger partial charge in [0.25, 0.3) is 5.91 Å². The molecule has 1 amide bonds. The van der Waals surface area contributed by atoms with Crippen LogP contribution in [-0.2, 0) is 4.79 Å². The Bertz CT molecular complexity index is 913. The summed E-state index contributed by atoms with van der Waals surface area (Å²) in [5.74, 6) is 2.05. The first-order valence-corrected chi connectivity index (χ1v) is 10.8. The SMILES string of the molecule is COc1ccc(C)cc1N=C1SCCCN1C(=O)C(C)(C)Oc1ccc(Cl)cc1. The highest BCUT2D eigenvalue weighted by Crippen LogP contribution is 2.32. The third-order valence-corrected chi connectivity index (χ3v) is 5.80. The molecule has 3 rings (SSSR count). The lowest BCUT2D eigenvalue weighted by Crippen LogP contribution is -2.52. The number of methoxy groups -OCH3 is 1. The predicted molar refractivity (Wildman–Crippen MR) is 120 cm³/mol. The summed E-state index contributed by atoms with van der Waals surface area (Å²) in [6, 6.07) is 12.8. The van der Waals surface area contributed by atoms with E-state index in [1.807, 2.05) is 25.1 Å². The van der Waals surface area contributed by atoms with Gasteiger partial charge in [-0.05, 0) is 69.2 Å². The van der Waals surface area contributed by atoms with Crippen molar-refractivity contribution < 1.29 is 14.3 Å². The molecule has 0 aromatic heterocycles. The van der Waals surface area contributed by atoms with Crippen LogP contribution >= 0.6 is 23.4 Å². The summed E-state index contributed by atoms with van der Waals surface area (Å²) in [4.78, 5) is 19.8. The molecule has 1 heterocycles. The highest BCUT2D eigenvalue weighted by Gasteiger charge is 2.37. The zero-order valence-corrected chi connectivity index (χ0v) is 18.6. The Labute approximate surface area is 181 Å². The summed E-state index contributed by atoms with van der Waals surface area (Å²) in [6.07, 6.45) is 0.900. The summed E-state index contributed by atoms with van der Waals surface area (Å²) in [7, 11) is 1.62. The first kappa shape index (κ1) is 21.5. The van der Waals surface area contributed by atoms with E-state index in [0.29, 0.717) is 33.9 Å². The topological polar surface area (TPSA) is 51.1 Å². The Kier molecular flexibility index (Phi) is 6.75. The van der Waals surface area contributed by atoms with E-state index < -0.39 is 5.60 Å². The fraction of sp³-hybridized carbons (Fsp3) is 0.364. The number of nitrogens with zero attached hydrogens (tertiary/aromatic N) is 2. The summed E-state index contributed by atoms with van der Waals surface area (Å²) >= 11 is 7.51. The highest BCUT2D eigenvalue weighted by molar-refractivity contribution is 8.13. The molecule has 0 saturated carbocycles. The van der Waals surface area contributed by atoms with Crippen LogP contribution in [0.15, 0.2) is 47.5 Å².